The highest BCUT2D eigenvalue weighted by molar-refractivity contribution is 4.87. The van der Waals surface area contributed by atoms with Crippen molar-refractivity contribution in [2.75, 3.05) is 19.6 Å². The molecule has 5 nitrogen and oxygen atoms in total. The summed E-state index contributed by atoms with van der Waals surface area (Å²) >= 11 is 0. The number of hydrogen-bond donors (Lipinski definition) is 1. The summed E-state index contributed by atoms with van der Waals surface area (Å²) < 4.78 is 5.37. The van der Waals surface area contributed by atoms with Crippen LogP contribution in [-0.2, 0) is 13.0 Å². The predicted octanol–water partition coefficient (Wildman–Crippen LogP) is 2.23. The molecule has 114 valence electrons. The fourth-order valence-corrected chi connectivity index (χ4v) is 2.72. The minimum atomic E-state index is 0.499. The Morgan fingerprint density at radius 1 is 1.45 bits per heavy atom. The van der Waals surface area contributed by atoms with E-state index in [9.17, 15) is 0 Å². The van der Waals surface area contributed by atoms with Crippen LogP contribution in [0.3, 0.4) is 0 Å². The molecule has 1 saturated heterocycles. The van der Waals surface area contributed by atoms with Gasteiger partial charge in [-0.2, -0.15) is 4.98 Å². The average Bonchev–Trinajstić information content (AvgIpc) is 2.87. The van der Waals surface area contributed by atoms with Crippen LogP contribution in [0.1, 0.15) is 51.7 Å². The zero-order chi connectivity index (χ0) is 14.4. The third-order valence-corrected chi connectivity index (χ3v) is 3.94. The maximum atomic E-state index is 5.37. The quantitative estimate of drug-likeness (QED) is 0.830. The Balaban J connectivity index is 1.90. The summed E-state index contributed by atoms with van der Waals surface area (Å²) in [5.41, 5.74) is 0. The lowest BCUT2D eigenvalue weighted by atomic mass is 9.98. The van der Waals surface area contributed by atoms with Crippen LogP contribution in [0.5, 0.6) is 0 Å². The zero-order valence-corrected chi connectivity index (χ0v) is 13.1. The van der Waals surface area contributed by atoms with Crippen LogP contribution in [0.2, 0.25) is 0 Å². The predicted molar refractivity (Wildman–Crippen MR) is 79.4 cm³/mol. The summed E-state index contributed by atoms with van der Waals surface area (Å²) in [5, 5.41) is 7.53. The molecule has 5 heteroatoms. The molecule has 1 aliphatic rings. The first-order valence-electron chi connectivity index (χ1n) is 7.95. The Labute approximate surface area is 122 Å². The van der Waals surface area contributed by atoms with E-state index < -0.39 is 0 Å². The van der Waals surface area contributed by atoms with E-state index in [0.29, 0.717) is 6.04 Å². The van der Waals surface area contributed by atoms with Crippen LogP contribution in [0.25, 0.3) is 0 Å². The zero-order valence-electron chi connectivity index (χ0n) is 13.1. The molecule has 2 heterocycles. The molecule has 0 aromatic carbocycles. The largest absolute Gasteiger partial charge is 0.338 e. The van der Waals surface area contributed by atoms with Crippen molar-refractivity contribution in [2.24, 2.45) is 5.92 Å². The average molecular weight is 280 g/mol. The van der Waals surface area contributed by atoms with Crippen LogP contribution in [0, 0.1) is 5.92 Å². The van der Waals surface area contributed by atoms with Gasteiger partial charge in [0.15, 0.2) is 5.82 Å². The molecule has 1 N–H and O–H groups in total. The van der Waals surface area contributed by atoms with Crippen LogP contribution in [0.4, 0.5) is 0 Å². The van der Waals surface area contributed by atoms with Gasteiger partial charge in [0.25, 0.3) is 0 Å². The Morgan fingerprint density at radius 2 is 2.30 bits per heavy atom. The van der Waals surface area contributed by atoms with Gasteiger partial charge in [0.2, 0.25) is 5.89 Å². The van der Waals surface area contributed by atoms with Gasteiger partial charge in [-0.3, -0.25) is 4.90 Å². The molecular formula is C15H28N4O. The van der Waals surface area contributed by atoms with Crippen molar-refractivity contribution in [1.82, 2.24) is 20.4 Å². The molecule has 1 aromatic rings. The van der Waals surface area contributed by atoms with Gasteiger partial charge in [-0.15, -0.1) is 0 Å². The first-order valence-corrected chi connectivity index (χ1v) is 7.95. The van der Waals surface area contributed by atoms with Crippen molar-refractivity contribution < 1.29 is 4.52 Å². The van der Waals surface area contributed by atoms with Crippen LogP contribution >= 0.6 is 0 Å². The second kappa shape index (κ2) is 7.74. The number of aromatic nitrogens is 2. The highest BCUT2D eigenvalue weighted by atomic mass is 16.5. The number of rotatable bonds is 7. The Kier molecular flexibility index (Phi) is 5.98. The minimum Gasteiger partial charge on any atom is -0.338 e. The van der Waals surface area contributed by atoms with E-state index in [1.165, 1.54) is 19.4 Å². The Hall–Kier alpha value is -0.940. The van der Waals surface area contributed by atoms with Gasteiger partial charge in [-0.1, -0.05) is 12.1 Å². The fourth-order valence-electron chi connectivity index (χ4n) is 2.72. The van der Waals surface area contributed by atoms with Gasteiger partial charge in [0.05, 0.1) is 6.54 Å². The summed E-state index contributed by atoms with van der Waals surface area (Å²) in [6.07, 6.45) is 4.57. The van der Waals surface area contributed by atoms with Gasteiger partial charge >= 0.3 is 0 Å². The minimum absolute atomic E-state index is 0.499. The highest BCUT2D eigenvalue weighted by Crippen LogP contribution is 2.15. The molecule has 1 aliphatic heterocycles. The van der Waals surface area contributed by atoms with Crippen molar-refractivity contribution in [1.29, 1.82) is 0 Å². The molecule has 20 heavy (non-hydrogen) atoms. The Morgan fingerprint density at radius 3 is 2.95 bits per heavy atom. The second-order valence-electron chi connectivity index (χ2n) is 6.09. The van der Waals surface area contributed by atoms with Gasteiger partial charge in [-0.25, -0.2) is 0 Å². The molecule has 1 unspecified atom stereocenters. The molecule has 0 spiro atoms. The lowest BCUT2D eigenvalue weighted by molar-refractivity contribution is 0.146. The number of piperidine rings is 1. The first kappa shape index (κ1) is 15.4. The smallest absolute Gasteiger partial charge is 0.240 e. The van der Waals surface area contributed by atoms with Crippen molar-refractivity contribution >= 4 is 0 Å². The van der Waals surface area contributed by atoms with E-state index >= 15 is 0 Å². The van der Waals surface area contributed by atoms with E-state index in [0.717, 1.165) is 50.1 Å². The molecule has 0 amide bonds. The van der Waals surface area contributed by atoms with E-state index in [1.54, 1.807) is 0 Å². The van der Waals surface area contributed by atoms with E-state index in [2.05, 4.69) is 41.1 Å². The molecule has 1 atom stereocenters. The first-order chi connectivity index (χ1) is 9.69. The summed E-state index contributed by atoms with van der Waals surface area (Å²) in [5.74, 6) is 2.33. The van der Waals surface area contributed by atoms with Crippen molar-refractivity contribution in [2.45, 2.75) is 59.0 Å². The third-order valence-electron chi connectivity index (χ3n) is 3.94. The second-order valence-corrected chi connectivity index (χ2v) is 6.09. The standard InChI is InChI=1S/C15H28N4O/c1-4-6-14-17-15(20-18-14)11-19(12(2)3)10-13-7-5-8-16-9-13/h12-13,16H,4-11H2,1-3H3. The van der Waals surface area contributed by atoms with Crippen molar-refractivity contribution in [3.63, 3.8) is 0 Å². The summed E-state index contributed by atoms with van der Waals surface area (Å²) in [7, 11) is 0. The summed E-state index contributed by atoms with van der Waals surface area (Å²) in [6, 6.07) is 0.499. The van der Waals surface area contributed by atoms with Crippen LogP contribution in [-0.4, -0.2) is 40.7 Å². The van der Waals surface area contributed by atoms with Crippen molar-refractivity contribution in [3.8, 4) is 0 Å². The molecule has 1 aromatic heterocycles. The molecule has 0 radical (unpaired) electrons. The number of aryl methyl sites for hydroxylation is 1. The van der Waals surface area contributed by atoms with Crippen molar-refractivity contribution in [3.05, 3.63) is 11.7 Å². The maximum Gasteiger partial charge on any atom is 0.240 e. The lowest BCUT2D eigenvalue weighted by Gasteiger charge is -2.31. The fraction of sp³-hybridized carbons (Fsp3) is 0.867. The molecule has 1 fully saturated rings. The molecule has 2 rings (SSSR count). The highest BCUT2D eigenvalue weighted by Gasteiger charge is 2.20. The monoisotopic (exact) mass is 280 g/mol. The van der Waals surface area contributed by atoms with Gasteiger partial charge in [-0.05, 0) is 52.1 Å². The van der Waals surface area contributed by atoms with E-state index in [4.69, 9.17) is 4.52 Å². The van der Waals surface area contributed by atoms with Crippen LogP contribution < -0.4 is 5.32 Å². The summed E-state index contributed by atoms with van der Waals surface area (Å²) in [6.45, 7) is 10.8. The number of hydrogen-bond acceptors (Lipinski definition) is 5. The molecule has 0 aliphatic carbocycles. The SMILES string of the molecule is CCCc1noc(CN(CC2CCCNC2)C(C)C)n1. The molecule has 0 saturated carbocycles. The number of nitrogens with one attached hydrogen (secondary N) is 1. The maximum absolute atomic E-state index is 5.37. The number of nitrogens with zero attached hydrogens (tertiary/aromatic N) is 3. The van der Waals surface area contributed by atoms with Gasteiger partial charge in [0.1, 0.15) is 0 Å². The van der Waals surface area contributed by atoms with Gasteiger partial charge in [0, 0.05) is 19.0 Å². The topological polar surface area (TPSA) is 54.2 Å². The molecular weight excluding hydrogens is 252 g/mol. The van der Waals surface area contributed by atoms with E-state index in [-0.39, 0.29) is 0 Å². The van der Waals surface area contributed by atoms with E-state index in [1.807, 2.05) is 0 Å². The normalized spacial score (nSPS) is 19.9. The third kappa shape index (κ3) is 4.56. The van der Waals surface area contributed by atoms with Gasteiger partial charge < -0.3 is 9.84 Å². The lowest BCUT2D eigenvalue weighted by Crippen LogP contribution is -2.40. The molecule has 0 bridgehead atoms. The van der Waals surface area contributed by atoms with Crippen LogP contribution in [0.15, 0.2) is 4.52 Å². The summed E-state index contributed by atoms with van der Waals surface area (Å²) in [4.78, 5) is 6.93. The Bertz CT molecular complexity index is 385.